The zero-order valence-electron chi connectivity index (χ0n) is 15.4. The Kier molecular flexibility index (Phi) is 7.32. The molecular formula is C21H26N2OS2. The quantitative estimate of drug-likeness (QED) is 0.408. The molecule has 26 heavy (non-hydrogen) atoms. The van der Waals surface area contributed by atoms with Gasteiger partial charge in [-0.2, -0.15) is 0 Å². The van der Waals surface area contributed by atoms with Crippen molar-refractivity contribution in [2.75, 3.05) is 11.5 Å². The highest BCUT2D eigenvalue weighted by Gasteiger charge is 2.13. The van der Waals surface area contributed by atoms with Gasteiger partial charge in [0.05, 0.1) is 15.6 Å². The molecule has 0 radical (unpaired) electrons. The molecule has 0 unspecified atom stereocenters. The van der Waals surface area contributed by atoms with Gasteiger partial charge in [0, 0.05) is 0 Å². The van der Waals surface area contributed by atoms with Crippen molar-refractivity contribution in [1.82, 2.24) is 9.97 Å². The topological polar surface area (TPSA) is 37.9 Å². The highest BCUT2D eigenvalue weighted by atomic mass is 32.2. The van der Waals surface area contributed by atoms with Gasteiger partial charge < -0.3 is 9.72 Å². The highest BCUT2D eigenvalue weighted by Crippen LogP contribution is 2.41. The van der Waals surface area contributed by atoms with Crippen LogP contribution in [0.5, 0.6) is 5.75 Å². The van der Waals surface area contributed by atoms with Crippen molar-refractivity contribution in [2.24, 2.45) is 0 Å². The Morgan fingerprint density at radius 3 is 2.50 bits per heavy atom. The molecule has 1 N–H and O–H groups in total. The van der Waals surface area contributed by atoms with Crippen LogP contribution in [-0.2, 0) is 6.61 Å². The van der Waals surface area contributed by atoms with Crippen molar-refractivity contribution < 1.29 is 4.74 Å². The van der Waals surface area contributed by atoms with E-state index in [1.807, 2.05) is 53.9 Å². The number of aromatic nitrogens is 2. The van der Waals surface area contributed by atoms with Crippen molar-refractivity contribution in [1.29, 1.82) is 0 Å². The average molecular weight is 387 g/mol. The molecule has 0 amide bonds. The van der Waals surface area contributed by atoms with Crippen LogP contribution in [-0.4, -0.2) is 21.5 Å². The summed E-state index contributed by atoms with van der Waals surface area (Å²) >= 11 is 4.06. The lowest BCUT2D eigenvalue weighted by molar-refractivity contribution is 0.297. The maximum absolute atomic E-state index is 6.01. The van der Waals surface area contributed by atoms with Gasteiger partial charge in [0.2, 0.25) is 0 Å². The van der Waals surface area contributed by atoms with Gasteiger partial charge in [0.1, 0.15) is 18.2 Å². The van der Waals surface area contributed by atoms with Crippen LogP contribution >= 0.6 is 23.5 Å². The van der Waals surface area contributed by atoms with Crippen molar-refractivity contribution >= 4 is 34.6 Å². The molecule has 1 heterocycles. The van der Waals surface area contributed by atoms with E-state index < -0.39 is 0 Å². The Bertz CT molecular complexity index is 777. The SMILES string of the molecule is CCCSC(SCCC)c1cccc(OCc2nc3ccccc3[nH]2)c1. The molecule has 3 rings (SSSR count). The second-order valence-corrected chi connectivity index (χ2v) is 8.86. The number of aromatic amines is 1. The molecule has 0 fully saturated rings. The zero-order chi connectivity index (χ0) is 18.2. The first-order valence-electron chi connectivity index (χ1n) is 9.19. The molecule has 0 saturated heterocycles. The lowest BCUT2D eigenvalue weighted by Crippen LogP contribution is -1.99. The number of benzene rings is 2. The predicted octanol–water partition coefficient (Wildman–Crippen LogP) is 6.43. The molecule has 0 spiro atoms. The molecule has 3 aromatic rings. The number of hydrogen-bond donors (Lipinski definition) is 1. The lowest BCUT2D eigenvalue weighted by atomic mass is 10.2. The fourth-order valence-corrected chi connectivity index (χ4v) is 5.21. The molecule has 138 valence electrons. The number of ether oxygens (including phenoxy) is 1. The van der Waals surface area contributed by atoms with Crippen LogP contribution in [0.15, 0.2) is 48.5 Å². The van der Waals surface area contributed by atoms with Crippen LogP contribution in [0.2, 0.25) is 0 Å². The summed E-state index contributed by atoms with van der Waals surface area (Å²) < 4.78 is 6.49. The predicted molar refractivity (Wildman–Crippen MR) is 115 cm³/mol. The Hall–Kier alpha value is -1.59. The van der Waals surface area contributed by atoms with Crippen LogP contribution in [0.4, 0.5) is 0 Å². The number of nitrogens with one attached hydrogen (secondary N) is 1. The van der Waals surface area contributed by atoms with Gasteiger partial charge >= 0.3 is 0 Å². The summed E-state index contributed by atoms with van der Waals surface area (Å²) in [5, 5.41) is 0. The van der Waals surface area contributed by atoms with Gasteiger partial charge in [0.15, 0.2) is 0 Å². The van der Waals surface area contributed by atoms with Gasteiger partial charge in [-0.3, -0.25) is 0 Å². The molecule has 0 aliphatic carbocycles. The second kappa shape index (κ2) is 9.93. The van der Waals surface area contributed by atoms with E-state index in [0.717, 1.165) is 22.6 Å². The summed E-state index contributed by atoms with van der Waals surface area (Å²) in [6, 6.07) is 16.6. The number of nitrogens with zero attached hydrogens (tertiary/aromatic N) is 1. The van der Waals surface area contributed by atoms with Crippen LogP contribution in [0.3, 0.4) is 0 Å². The second-order valence-electron chi connectivity index (χ2n) is 6.14. The van der Waals surface area contributed by atoms with Crippen LogP contribution in [0.25, 0.3) is 11.0 Å². The Morgan fingerprint density at radius 2 is 1.77 bits per heavy atom. The summed E-state index contributed by atoms with van der Waals surface area (Å²) in [7, 11) is 0. The molecule has 2 aromatic carbocycles. The Balaban J connectivity index is 1.67. The number of fused-ring (bicyclic) bond motifs is 1. The maximum atomic E-state index is 6.01. The molecule has 0 aliphatic heterocycles. The molecule has 0 atom stereocenters. The lowest BCUT2D eigenvalue weighted by Gasteiger charge is -2.17. The smallest absolute Gasteiger partial charge is 0.146 e. The highest BCUT2D eigenvalue weighted by molar-refractivity contribution is 8.16. The molecule has 3 nitrogen and oxygen atoms in total. The summed E-state index contributed by atoms with van der Waals surface area (Å²) in [4.78, 5) is 7.89. The maximum Gasteiger partial charge on any atom is 0.146 e. The van der Waals surface area contributed by atoms with Gasteiger partial charge in [-0.05, 0) is 54.2 Å². The normalized spacial score (nSPS) is 11.3. The fourth-order valence-electron chi connectivity index (χ4n) is 2.67. The Labute approximate surface area is 164 Å². The standard InChI is InChI=1S/C21H26N2OS2/c1-3-12-25-21(26-13-4-2)16-8-7-9-17(14-16)24-15-20-22-18-10-5-6-11-19(18)23-20/h5-11,14,21H,3-4,12-13,15H2,1-2H3,(H,22,23). The number of H-pyrrole nitrogens is 1. The molecule has 0 aliphatic rings. The minimum atomic E-state index is 0.451. The monoisotopic (exact) mass is 386 g/mol. The van der Waals surface area contributed by atoms with E-state index in [4.69, 9.17) is 4.74 Å². The average Bonchev–Trinajstić information content (AvgIpc) is 3.10. The van der Waals surface area contributed by atoms with E-state index in [1.165, 1.54) is 29.9 Å². The molecule has 1 aromatic heterocycles. The third-order valence-electron chi connectivity index (χ3n) is 3.89. The van der Waals surface area contributed by atoms with E-state index in [0.29, 0.717) is 11.2 Å². The van der Waals surface area contributed by atoms with E-state index in [2.05, 4.69) is 42.0 Å². The molecule has 0 bridgehead atoms. The van der Waals surface area contributed by atoms with Crippen LogP contribution < -0.4 is 4.74 Å². The van der Waals surface area contributed by atoms with Gasteiger partial charge in [-0.1, -0.05) is 38.1 Å². The number of imidazole rings is 1. The van der Waals surface area contributed by atoms with E-state index >= 15 is 0 Å². The van der Waals surface area contributed by atoms with E-state index in [9.17, 15) is 0 Å². The number of thioether (sulfide) groups is 2. The van der Waals surface area contributed by atoms with Gasteiger partial charge in [-0.15, -0.1) is 23.5 Å². The first-order valence-corrected chi connectivity index (χ1v) is 11.3. The summed E-state index contributed by atoms with van der Waals surface area (Å²) in [6.45, 7) is 4.93. The van der Waals surface area contributed by atoms with E-state index in [1.54, 1.807) is 0 Å². The molecule has 0 saturated carbocycles. The minimum absolute atomic E-state index is 0.451. The van der Waals surface area contributed by atoms with Gasteiger partial charge in [-0.25, -0.2) is 4.98 Å². The van der Waals surface area contributed by atoms with E-state index in [-0.39, 0.29) is 0 Å². The van der Waals surface area contributed by atoms with Crippen molar-refractivity contribution in [3.05, 3.63) is 59.9 Å². The van der Waals surface area contributed by atoms with Crippen LogP contribution in [0.1, 0.15) is 42.7 Å². The number of para-hydroxylation sites is 2. The largest absolute Gasteiger partial charge is 0.486 e. The summed E-state index contributed by atoms with van der Waals surface area (Å²) in [5.74, 6) is 4.13. The minimum Gasteiger partial charge on any atom is -0.486 e. The third-order valence-corrected chi connectivity index (χ3v) is 7.15. The third kappa shape index (κ3) is 5.21. The zero-order valence-corrected chi connectivity index (χ0v) is 17.0. The van der Waals surface area contributed by atoms with Crippen LogP contribution in [0, 0.1) is 0 Å². The summed E-state index contributed by atoms with van der Waals surface area (Å²) in [6.07, 6.45) is 2.41. The van der Waals surface area contributed by atoms with Crippen molar-refractivity contribution in [3.63, 3.8) is 0 Å². The van der Waals surface area contributed by atoms with Crippen molar-refractivity contribution in [2.45, 2.75) is 37.9 Å². The number of hydrogen-bond acceptors (Lipinski definition) is 4. The first-order chi connectivity index (χ1) is 12.8. The molecule has 5 heteroatoms. The van der Waals surface area contributed by atoms with Crippen molar-refractivity contribution in [3.8, 4) is 5.75 Å². The molecular weight excluding hydrogens is 360 g/mol. The van der Waals surface area contributed by atoms with Gasteiger partial charge in [0.25, 0.3) is 0 Å². The first kappa shape index (κ1) is 19.2. The number of rotatable bonds is 10. The fraction of sp³-hybridized carbons (Fsp3) is 0.381. The summed E-state index contributed by atoms with van der Waals surface area (Å²) in [5.41, 5.74) is 3.36. The Morgan fingerprint density at radius 1 is 1.00 bits per heavy atom.